The van der Waals surface area contributed by atoms with Gasteiger partial charge in [-0.1, -0.05) is 35.9 Å². The van der Waals surface area contributed by atoms with Crippen molar-refractivity contribution in [2.24, 2.45) is 0 Å². The standard InChI is InChI=1S/C19H19ClN4S/c1-13-9-14(2)11-16(10-13)21-19(25)22-18-7-8-24(23-18)12-15-5-3-4-6-17(15)20/h3-11H,12H2,1-2H3,(H2,21,22,23,25). The van der Waals surface area contributed by atoms with Gasteiger partial charge in [0.2, 0.25) is 0 Å². The third-order valence-corrected chi connectivity index (χ3v) is 4.22. The fourth-order valence-electron chi connectivity index (χ4n) is 2.64. The molecule has 128 valence electrons. The van der Waals surface area contributed by atoms with Crippen LogP contribution in [0.5, 0.6) is 0 Å². The molecule has 0 spiro atoms. The molecule has 0 radical (unpaired) electrons. The highest BCUT2D eigenvalue weighted by Gasteiger charge is 2.05. The van der Waals surface area contributed by atoms with E-state index in [1.165, 1.54) is 11.1 Å². The number of benzene rings is 2. The molecular weight excluding hydrogens is 352 g/mol. The van der Waals surface area contributed by atoms with Crippen molar-refractivity contribution in [3.8, 4) is 0 Å². The summed E-state index contributed by atoms with van der Waals surface area (Å²) in [6, 6.07) is 15.9. The van der Waals surface area contributed by atoms with Gasteiger partial charge in [0.15, 0.2) is 10.9 Å². The predicted octanol–water partition coefficient (Wildman–Crippen LogP) is 5.01. The number of hydrogen-bond acceptors (Lipinski definition) is 2. The molecule has 6 heteroatoms. The molecule has 0 atom stereocenters. The van der Waals surface area contributed by atoms with Gasteiger partial charge < -0.3 is 10.6 Å². The Kier molecular flexibility index (Phi) is 5.36. The van der Waals surface area contributed by atoms with E-state index in [1.54, 1.807) is 0 Å². The number of aryl methyl sites for hydroxylation is 2. The van der Waals surface area contributed by atoms with Crippen molar-refractivity contribution in [2.45, 2.75) is 20.4 Å². The van der Waals surface area contributed by atoms with E-state index in [0.29, 0.717) is 17.5 Å². The first-order valence-corrected chi connectivity index (χ1v) is 8.71. The molecule has 0 bridgehead atoms. The number of halogens is 1. The molecule has 0 fully saturated rings. The summed E-state index contributed by atoms with van der Waals surface area (Å²) in [5.74, 6) is 0.689. The zero-order valence-corrected chi connectivity index (χ0v) is 15.7. The van der Waals surface area contributed by atoms with Crippen molar-refractivity contribution in [2.75, 3.05) is 10.6 Å². The number of anilines is 2. The van der Waals surface area contributed by atoms with Gasteiger partial charge >= 0.3 is 0 Å². The maximum atomic E-state index is 6.19. The second-order valence-electron chi connectivity index (χ2n) is 5.95. The number of thiocarbonyl (C=S) groups is 1. The Morgan fingerprint density at radius 1 is 1.08 bits per heavy atom. The second kappa shape index (κ2) is 7.68. The molecule has 3 aromatic rings. The zero-order valence-electron chi connectivity index (χ0n) is 14.1. The highest BCUT2D eigenvalue weighted by molar-refractivity contribution is 7.80. The molecule has 4 nitrogen and oxygen atoms in total. The lowest BCUT2D eigenvalue weighted by Crippen LogP contribution is -2.19. The van der Waals surface area contributed by atoms with Gasteiger partial charge in [0.05, 0.1) is 6.54 Å². The van der Waals surface area contributed by atoms with Crippen LogP contribution in [0, 0.1) is 13.8 Å². The Morgan fingerprint density at radius 3 is 2.52 bits per heavy atom. The first-order chi connectivity index (χ1) is 12.0. The molecule has 0 saturated carbocycles. The predicted molar refractivity (Wildman–Crippen MR) is 109 cm³/mol. The summed E-state index contributed by atoms with van der Waals surface area (Å²) in [6.07, 6.45) is 1.89. The van der Waals surface area contributed by atoms with E-state index in [0.717, 1.165) is 16.3 Å². The van der Waals surface area contributed by atoms with Gasteiger partial charge in [0.25, 0.3) is 0 Å². The minimum absolute atomic E-state index is 0.507. The quantitative estimate of drug-likeness (QED) is 0.633. The lowest BCUT2D eigenvalue weighted by atomic mass is 10.1. The molecule has 25 heavy (non-hydrogen) atoms. The Morgan fingerprint density at radius 2 is 1.80 bits per heavy atom. The Hall–Kier alpha value is -2.37. The number of rotatable bonds is 4. The van der Waals surface area contributed by atoms with E-state index in [-0.39, 0.29) is 0 Å². The largest absolute Gasteiger partial charge is 0.332 e. The smallest absolute Gasteiger partial charge is 0.176 e. The summed E-state index contributed by atoms with van der Waals surface area (Å²) >= 11 is 11.6. The van der Waals surface area contributed by atoms with E-state index >= 15 is 0 Å². The number of aromatic nitrogens is 2. The summed E-state index contributed by atoms with van der Waals surface area (Å²) in [5.41, 5.74) is 4.36. The summed E-state index contributed by atoms with van der Waals surface area (Å²) in [5, 5.41) is 12.0. The van der Waals surface area contributed by atoms with Crippen molar-refractivity contribution in [1.82, 2.24) is 9.78 Å². The number of nitrogens with zero attached hydrogens (tertiary/aromatic N) is 2. The van der Waals surface area contributed by atoms with Gasteiger partial charge in [-0.2, -0.15) is 5.10 Å². The van der Waals surface area contributed by atoms with E-state index in [2.05, 4.69) is 47.8 Å². The minimum Gasteiger partial charge on any atom is -0.332 e. The molecule has 0 aliphatic carbocycles. The number of nitrogens with one attached hydrogen (secondary N) is 2. The average Bonchev–Trinajstić information content (AvgIpc) is 2.95. The molecule has 0 saturated heterocycles. The van der Waals surface area contributed by atoms with Crippen LogP contribution in [-0.2, 0) is 6.54 Å². The minimum atomic E-state index is 0.507. The Labute approximate surface area is 157 Å². The molecular formula is C19H19ClN4S. The third kappa shape index (κ3) is 4.81. The maximum Gasteiger partial charge on any atom is 0.176 e. The third-order valence-electron chi connectivity index (χ3n) is 3.65. The fraction of sp³-hybridized carbons (Fsp3) is 0.158. The summed E-state index contributed by atoms with van der Waals surface area (Å²) < 4.78 is 1.82. The van der Waals surface area contributed by atoms with E-state index in [4.69, 9.17) is 23.8 Å². The normalized spacial score (nSPS) is 10.5. The van der Waals surface area contributed by atoms with Crippen LogP contribution in [0.1, 0.15) is 16.7 Å². The molecule has 1 heterocycles. The highest BCUT2D eigenvalue weighted by Crippen LogP contribution is 2.17. The van der Waals surface area contributed by atoms with Gasteiger partial charge in [0, 0.05) is 23.0 Å². The van der Waals surface area contributed by atoms with Crippen LogP contribution in [0.15, 0.2) is 54.7 Å². The van der Waals surface area contributed by atoms with E-state index < -0.39 is 0 Å². The molecule has 0 amide bonds. The van der Waals surface area contributed by atoms with Crippen molar-refractivity contribution < 1.29 is 0 Å². The lowest BCUT2D eigenvalue weighted by Gasteiger charge is -2.10. The van der Waals surface area contributed by atoms with Crippen molar-refractivity contribution in [3.63, 3.8) is 0 Å². The maximum absolute atomic E-state index is 6.19. The van der Waals surface area contributed by atoms with Crippen LogP contribution in [-0.4, -0.2) is 14.9 Å². The topological polar surface area (TPSA) is 41.9 Å². The summed E-state index contributed by atoms with van der Waals surface area (Å²) in [7, 11) is 0. The van der Waals surface area contributed by atoms with Crippen LogP contribution in [0.2, 0.25) is 5.02 Å². The fourth-order valence-corrected chi connectivity index (χ4v) is 3.06. The first kappa shape index (κ1) is 17.5. The molecule has 2 N–H and O–H groups in total. The molecule has 3 rings (SSSR count). The van der Waals surface area contributed by atoms with Crippen molar-refractivity contribution in [3.05, 3.63) is 76.4 Å². The molecule has 1 aromatic heterocycles. The molecule has 0 aliphatic rings. The van der Waals surface area contributed by atoms with Crippen LogP contribution < -0.4 is 10.6 Å². The van der Waals surface area contributed by atoms with Gasteiger partial charge in [-0.3, -0.25) is 4.68 Å². The molecule has 0 aliphatic heterocycles. The van der Waals surface area contributed by atoms with Crippen LogP contribution in [0.25, 0.3) is 0 Å². The van der Waals surface area contributed by atoms with Gasteiger partial charge in [-0.15, -0.1) is 0 Å². The van der Waals surface area contributed by atoms with Crippen molar-refractivity contribution >= 4 is 40.4 Å². The lowest BCUT2D eigenvalue weighted by molar-refractivity contribution is 0.690. The van der Waals surface area contributed by atoms with Gasteiger partial charge in [-0.25, -0.2) is 0 Å². The van der Waals surface area contributed by atoms with E-state index in [1.807, 2.05) is 41.2 Å². The molecule has 0 unspecified atom stereocenters. The molecule has 2 aromatic carbocycles. The Bertz CT molecular complexity index is 884. The van der Waals surface area contributed by atoms with E-state index in [9.17, 15) is 0 Å². The average molecular weight is 371 g/mol. The first-order valence-electron chi connectivity index (χ1n) is 7.93. The summed E-state index contributed by atoms with van der Waals surface area (Å²) in [4.78, 5) is 0. The zero-order chi connectivity index (χ0) is 17.8. The van der Waals surface area contributed by atoms with Crippen LogP contribution in [0.4, 0.5) is 11.5 Å². The summed E-state index contributed by atoms with van der Waals surface area (Å²) in [6.45, 7) is 4.73. The second-order valence-corrected chi connectivity index (χ2v) is 6.76. The van der Waals surface area contributed by atoms with Crippen LogP contribution >= 0.6 is 23.8 Å². The highest BCUT2D eigenvalue weighted by atomic mass is 35.5. The monoisotopic (exact) mass is 370 g/mol. The van der Waals surface area contributed by atoms with Crippen molar-refractivity contribution in [1.29, 1.82) is 0 Å². The SMILES string of the molecule is Cc1cc(C)cc(NC(=S)Nc2ccn(Cc3ccccc3Cl)n2)c1. The van der Waals surface area contributed by atoms with Gasteiger partial charge in [-0.05, 0) is 61.0 Å². The van der Waals surface area contributed by atoms with Gasteiger partial charge in [0.1, 0.15) is 0 Å². The van der Waals surface area contributed by atoms with Crippen LogP contribution in [0.3, 0.4) is 0 Å². The number of hydrogen-bond donors (Lipinski definition) is 2. The Balaban J connectivity index is 1.63.